The molecule has 2 heteroatoms. The third-order valence-electron chi connectivity index (χ3n) is 4.66. The topological polar surface area (TPSA) is 23.1 Å². The van der Waals surface area contributed by atoms with Gasteiger partial charge in [0.05, 0.1) is 0 Å². The maximum absolute atomic E-state index is 12.4. The fourth-order valence-electron chi connectivity index (χ4n) is 3.72. The summed E-state index contributed by atoms with van der Waals surface area (Å²) < 4.78 is 0. The largest absolute Gasteiger partial charge is 0.144 e. The molecule has 1 atom stereocenters. The Bertz CT molecular complexity index is 406. The van der Waals surface area contributed by atoms with Crippen LogP contribution in [0.1, 0.15) is 58.9 Å². The average Bonchev–Trinajstić information content (AvgIpc) is 2.35. The second kappa shape index (κ2) is 4.92. The molecule has 1 radical (unpaired) electrons. The van der Waals surface area contributed by atoms with Gasteiger partial charge in [0, 0.05) is 11.1 Å². The molecule has 0 amide bonds. The first-order valence-corrected chi connectivity index (χ1v) is 7.26. The number of hydrogen-bond acceptors (Lipinski definition) is 1. The van der Waals surface area contributed by atoms with Crippen LogP contribution in [0, 0.1) is 5.92 Å². The van der Waals surface area contributed by atoms with Gasteiger partial charge in [0.2, 0.25) is 0 Å². The molecule has 105 valence electrons. The second-order valence-electron chi connectivity index (χ2n) is 7.29. The monoisotopic (exact) mass is 260 g/mol. The standard InChI is InChI=1S/C17H26NO/c1-13(14-9-7-6-8-10-14)15-11-16(2,3)18(19)17(4,5)12-15/h6-10,13,15H,11-12H2,1-5H3. The highest BCUT2D eigenvalue weighted by molar-refractivity contribution is 5.20. The van der Waals surface area contributed by atoms with E-state index in [2.05, 4.69) is 65.0 Å². The van der Waals surface area contributed by atoms with Gasteiger partial charge in [-0.15, -0.1) is 10.3 Å². The van der Waals surface area contributed by atoms with Crippen LogP contribution in [-0.4, -0.2) is 16.1 Å². The van der Waals surface area contributed by atoms with Crippen LogP contribution in [-0.2, 0) is 5.21 Å². The third kappa shape index (κ3) is 2.85. The van der Waals surface area contributed by atoms with E-state index in [0.29, 0.717) is 11.8 Å². The minimum atomic E-state index is -0.268. The normalized spacial score (nSPS) is 25.2. The lowest BCUT2D eigenvalue weighted by atomic mass is 9.69. The molecule has 0 spiro atoms. The Labute approximate surface area is 117 Å². The van der Waals surface area contributed by atoms with E-state index in [4.69, 9.17) is 0 Å². The Kier molecular flexibility index (Phi) is 3.76. The molecule has 1 heterocycles. The maximum atomic E-state index is 12.4. The first-order chi connectivity index (χ1) is 8.74. The van der Waals surface area contributed by atoms with Crippen molar-refractivity contribution in [2.45, 2.75) is 64.5 Å². The lowest BCUT2D eigenvalue weighted by molar-refractivity contribution is -0.295. The zero-order chi connectivity index (χ0) is 14.3. The molecule has 1 saturated heterocycles. The summed E-state index contributed by atoms with van der Waals surface area (Å²) in [6.45, 7) is 10.6. The van der Waals surface area contributed by atoms with Gasteiger partial charge < -0.3 is 0 Å². The van der Waals surface area contributed by atoms with Crippen molar-refractivity contribution >= 4 is 0 Å². The molecule has 2 rings (SSSR count). The predicted octanol–water partition coefficient (Wildman–Crippen LogP) is 4.40. The summed E-state index contributed by atoms with van der Waals surface area (Å²) in [5.41, 5.74) is 0.851. The van der Waals surface area contributed by atoms with E-state index >= 15 is 0 Å². The molecule has 2 nitrogen and oxygen atoms in total. The molecule has 1 aromatic rings. The second-order valence-corrected chi connectivity index (χ2v) is 7.29. The highest BCUT2D eigenvalue weighted by Crippen LogP contribution is 2.45. The van der Waals surface area contributed by atoms with Crippen molar-refractivity contribution in [1.82, 2.24) is 5.06 Å². The number of hydroxylamine groups is 2. The van der Waals surface area contributed by atoms with Crippen LogP contribution in [0.3, 0.4) is 0 Å². The molecule has 1 aliphatic rings. The molecule has 0 aliphatic carbocycles. The first-order valence-electron chi connectivity index (χ1n) is 7.26. The average molecular weight is 260 g/mol. The van der Waals surface area contributed by atoms with Crippen LogP contribution in [0.5, 0.6) is 0 Å². The van der Waals surface area contributed by atoms with Crippen LogP contribution in [0.15, 0.2) is 30.3 Å². The van der Waals surface area contributed by atoms with E-state index < -0.39 is 0 Å². The molecule has 1 fully saturated rings. The van der Waals surface area contributed by atoms with Crippen LogP contribution in [0.2, 0.25) is 0 Å². The lowest BCUT2D eigenvalue weighted by Crippen LogP contribution is -2.58. The highest BCUT2D eigenvalue weighted by atomic mass is 16.5. The molecule has 0 bridgehead atoms. The summed E-state index contributed by atoms with van der Waals surface area (Å²) in [5.74, 6) is 1.08. The first kappa shape index (κ1) is 14.5. The minimum absolute atomic E-state index is 0.268. The van der Waals surface area contributed by atoms with Crippen LogP contribution >= 0.6 is 0 Å². The number of nitrogens with zero attached hydrogens (tertiary/aromatic N) is 1. The van der Waals surface area contributed by atoms with E-state index in [1.807, 2.05) is 0 Å². The van der Waals surface area contributed by atoms with Crippen molar-refractivity contribution in [2.75, 3.05) is 0 Å². The van der Waals surface area contributed by atoms with Gasteiger partial charge in [0.1, 0.15) is 0 Å². The van der Waals surface area contributed by atoms with Crippen LogP contribution < -0.4 is 0 Å². The minimum Gasteiger partial charge on any atom is -0.144 e. The summed E-state index contributed by atoms with van der Waals surface area (Å²) in [6.07, 6.45) is 1.94. The van der Waals surface area contributed by atoms with Gasteiger partial charge in [-0.3, -0.25) is 0 Å². The fraction of sp³-hybridized carbons (Fsp3) is 0.647. The Hall–Kier alpha value is -0.860. The van der Waals surface area contributed by atoms with Gasteiger partial charge in [-0.25, -0.2) is 0 Å². The van der Waals surface area contributed by atoms with Crippen molar-refractivity contribution in [2.24, 2.45) is 5.92 Å². The van der Waals surface area contributed by atoms with Gasteiger partial charge in [-0.05, 0) is 57.9 Å². The molecule has 0 aromatic heterocycles. The molecule has 0 saturated carbocycles. The van der Waals surface area contributed by atoms with E-state index in [1.165, 1.54) is 10.6 Å². The number of rotatable bonds is 2. The van der Waals surface area contributed by atoms with E-state index in [1.54, 1.807) is 0 Å². The Morgan fingerprint density at radius 2 is 1.53 bits per heavy atom. The van der Waals surface area contributed by atoms with Crippen LogP contribution in [0.4, 0.5) is 0 Å². The summed E-state index contributed by atoms with van der Waals surface area (Å²) in [7, 11) is 0. The Balaban J connectivity index is 2.22. The quantitative estimate of drug-likeness (QED) is 0.772. The Morgan fingerprint density at radius 1 is 1.05 bits per heavy atom. The molecular weight excluding hydrogens is 234 g/mol. The summed E-state index contributed by atoms with van der Waals surface area (Å²) >= 11 is 0. The molecule has 19 heavy (non-hydrogen) atoms. The van der Waals surface area contributed by atoms with E-state index in [9.17, 15) is 5.21 Å². The van der Waals surface area contributed by atoms with Gasteiger partial charge in [-0.1, -0.05) is 37.3 Å². The van der Waals surface area contributed by atoms with Crippen molar-refractivity contribution in [3.63, 3.8) is 0 Å². The molecule has 1 unspecified atom stereocenters. The third-order valence-corrected chi connectivity index (χ3v) is 4.66. The summed E-state index contributed by atoms with van der Waals surface area (Å²) in [4.78, 5) is 0. The van der Waals surface area contributed by atoms with E-state index in [-0.39, 0.29) is 11.1 Å². The molecular formula is C17H26NO. The zero-order valence-corrected chi connectivity index (χ0v) is 12.8. The number of piperidine rings is 1. The lowest BCUT2D eigenvalue weighted by Gasteiger charge is -2.51. The van der Waals surface area contributed by atoms with Crippen molar-refractivity contribution in [3.8, 4) is 0 Å². The van der Waals surface area contributed by atoms with Crippen molar-refractivity contribution in [1.29, 1.82) is 0 Å². The Morgan fingerprint density at radius 3 is 2.00 bits per heavy atom. The number of hydrogen-bond donors (Lipinski definition) is 0. The van der Waals surface area contributed by atoms with Crippen molar-refractivity contribution < 1.29 is 5.21 Å². The smallest absolute Gasteiger partial charge is 0.0446 e. The summed E-state index contributed by atoms with van der Waals surface area (Å²) in [6, 6.07) is 10.7. The highest BCUT2D eigenvalue weighted by Gasteiger charge is 2.47. The maximum Gasteiger partial charge on any atom is 0.0446 e. The predicted molar refractivity (Wildman–Crippen MR) is 78.3 cm³/mol. The summed E-state index contributed by atoms with van der Waals surface area (Å²) in [5, 5.41) is 13.7. The molecule has 0 N–H and O–H groups in total. The van der Waals surface area contributed by atoms with E-state index in [0.717, 1.165) is 12.8 Å². The van der Waals surface area contributed by atoms with Gasteiger partial charge in [0.25, 0.3) is 0 Å². The zero-order valence-electron chi connectivity index (χ0n) is 12.8. The van der Waals surface area contributed by atoms with Crippen LogP contribution in [0.25, 0.3) is 0 Å². The van der Waals surface area contributed by atoms with Crippen molar-refractivity contribution in [3.05, 3.63) is 35.9 Å². The number of benzene rings is 1. The van der Waals surface area contributed by atoms with Gasteiger partial charge in [0.15, 0.2) is 0 Å². The molecule has 1 aromatic carbocycles. The van der Waals surface area contributed by atoms with Gasteiger partial charge >= 0.3 is 0 Å². The fourth-order valence-corrected chi connectivity index (χ4v) is 3.72. The molecule has 1 aliphatic heterocycles. The SMILES string of the molecule is CC(c1ccccc1)C1CC(C)(C)N([O])C(C)(C)C1. The van der Waals surface area contributed by atoms with Gasteiger partial charge in [-0.2, -0.15) is 0 Å².